The first-order valence-corrected chi connectivity index (χ1v) is 15.2. The van der Waals surface area contributed by atoms with Crippen LogP contribution in [0.25, 0.3) is 21.9 Å². The highest BCUT2D eigenvalue weighted by Crippen LogP contribution is 2.40. The van der Waals surface area contributed by atoms with Crippen LogP contribution >= 0.6 is 0 Å². The van der Waals surface area contributed by atoms with E-state index < -0.39 is 69.0 Å². The summed E-state index contributed by atoms with van der Waals surface area (Å²) in [6.07, 6.45) is -4.00. The average molecular weight is 683 g/mol. The first-order valence-electron chi connectivity index (χ1n) is 15.2. The molecule has 4 aromatic carbocycles. The Morgan fingerprint density at radius 2 is 1.54 bits per heavy atom. The molecule has 1 fully saturated rings. The van der Waals surface area contributed by atoms with Crippen molar-refractivity contribution in [1.82, 2.24) is 0 Å². The average Bonchev–Trinajstić information content (AvgIpc) is 3.00. The smallest absolute Gasteiger partial charge is 0.429 e. The van der Waals surface area contributed by atoms with E-state index in [1.54, 1.807) is 6.07 Å². The summed E-state index contributed by atoms with van der Waals surface area (Å²) in [4.78, 5) is 0. The van der Waals surface area contributed by atoms with Crippen molar-refractivity contribution >= 4 is 10.8 Å². The lowest BCUT2D eigenvalue weighted by atomic mass is 9.90. The number of hydrogen-bond acceptors (Lipinski definition) is 2. The zero-order valence-electron chi connectivity index (χ0n) is 25.4. The van der Waals surface area contributed by atoms with Gasteiger partial charge in [0.15, 0.2) is 0 Å². The summed E-state index contributed by atoms with van der Waals surface area (Å²) in [6.45, 7) is 2.67. The van der Waals surface area contributed by atoms with Crippen LogP contribution in [0.5, 0.6) is 5.75 Å². The fraction of sp³-hybridized carbons (Fsp3) is 0.333. The van der Waals surface area contributed by atoms with E-state index in [1.807, 2.05) is 0 Å². The summed E-state index contributed by atoms with van der Waals surface area (Å²) in [6, 6.07) is 7.90. The highest BCUT2D eigenvalue weighted by molar-refractivity contribution is 5.86. The van der Waals surface area contributed by atoms with Gasteiger partial charge in [-0.3, -0.25) is 0 Å². The summed E-state index contributed by atoms with van der Waals surface area (Å²) >= 11 is 0. The Hall–Kier alpha value is -4.24. The SMILES string of the molecule is CCCCCC1CCC(c2ccc(-c3cc(F)c(C(F)(F)Oc4ccc5c(F)c(C#CC(F)(F)F)c(F)cc5c4)c(F)c3)c(F)c2)OC1. The molecule has 0 saturated carbocycles. The van der Waals surface area contributed by atoms with E-state index in [0.29, 0.717) is 48.8 Å². The van der Waals surface area contributed by atoms with Crippen molar-refractivity contribution in [3.63, 3.8) is 0 Å². The molecule has 0 aromatic heterocycles. The third-order valence-corrected chi connectivity index (χ3v) is 8.17. The highest BCUT2D eigenvalue weighted by atomic mass is 19.4. The first-order chi connectivity index (χ1) is 22.7. The van der Waals surface area contributed by atoms with Crippen LogP contribution in [0.1, 0.15) is 68.2 Å². The van der Waals surface area contributed by atoms with Crippen LogP contribution in [0, 0.1) is 46.8 Å². The van der Waals surface area contributed by atoms with Crippen LogP contribution in [-0.4, -0.2) is 12.8 Å². The lowest BCUT2D eigenvalue weighted by Crippen LogP contribution is -2.25. The van der Waals surface area contributed by atoms with Gasteiger partial charge in [0.1, 0.15) is 40.4 Å². The lowest BCUT2D eigenvalue weighted by molar-refractivity contribution is -0.189. The molecule has 2 atom stereocenters. The molecule has 48 heavy (non-hydrogen) atoms. The second-order valence-electron chi connectivity index (χ2n) is 11.6. The molecule has 12 heteroatoms. The van der Waals surface area contributed by atoms with Crippen molar-refractivity contribution in [3.8, 4) is 28.7 Å². The molecule has 2 nitrogen and oxygen atoms in total. The van der Waals surface area contributed by atoms with Gasteiger partial charge in [-0.15, -0.1) is 0 Å². The van der Waals surface area contributed by atoms with Crippen LogP contribution in [0.4, 0.5) is 43.9 Å². The Kier molecular flexibility index (Phi) is 10.3. The Morgan fingerprint density at radius 3 is 2.17 bits per heavy atom. The number of halogens is 10. The molecule has 0 amide bonds. The van der Waals surface area contributed by atoms with Crippen LogP contribution in [0.15, 0.2) is 54.6 Å². The zero-order chi connectivity index (χ0) is 34.8. The quantitative estimate of drug-likeness (QED) is 0.0994. The predicted molar refractivity (Wildman–Crippen MR) is 159 cm³/mol. The fourth-order valence-electron chi connectivity index (χ4n) is 5.77. The number of ether oxygens (including phenoxy) is 2. The largest absolute Gasteiger partial charge is 0.458 e. The van der Waals surface area contributed by atoms with Gasteiger partial charge in [-0.25, -0.2) is 22.0 Å². The van der Waals surface area contributed by atoms with Crippen molar-refractivity contribution in [2.24, 2.45) is 5.92 Å². The maximum atomic E-state index is 15.2. The Bertz CT molecular complexity index is 1840. The first kappa shape index (κ1) is 35.1. The molecule has 4 aromatic rings. The van der Waals surface area contributed by atoms with Gasteiger partial charge in [0.25, 0.3) is 0 Å². The van der Waals surface area contributed by atoms with E-state index in [9.17, 15) is 22.0 Å². The minimum absolute atomic E-state index is 0.238. The minimum Gasteiger partial charge on any atom is -0.429 e. The third kappa shape index (κ3) is 7.89. The normalized spacial score (nSPS) is 16.9. The Morgan fingerprint density at radius 1 is 0.812 bits per heavy atom. The molecular weight excluding hydrogens is 654 g/mol. The summed E-state index contributed by atoms with van der Waals surface area (Å²) in [5.74, 6) is -5.58. The van der Waals surface area contributed by atoms with Gasteiger partial charge in [-0.1, -0.05) is 44.2 Å². The van der Waals surface area contributed by atoms with Gasteiger partial charge in [0, 0.05) is 16.9 Å². The summed E-state index contributed by atoms with van der Waals surface area (Å²) in [7, 11) is 0. The molecule has 0 bridgehead atoms. The van der Waals surface area contributed by atoms with Crippen molar-refractivity contribution in [2.45, 2.75) is 63.8 Å². The van der Waals surface area contributed by atoms with E-state index >= 15 is 22.0 Å². The van der Waals surface area contributed by atoms with Gasteiger partial charge in [0.05, 0.1) is 18.3 Å². The lowest BCUT2D eigenvalue weighted by Gasteiger charge is -2.29. The number of hydrogen-bond donors (Lipinski definition) is 0. The number of alkyl halides is 5. The van der Waals surface area contributed by atoms with Gasteiger partial charge in [0.2, 0.25) is 0 Å². The molecule has 254 valence electrons. The van der Waals surface area contributed by atoms with Crippen LogP contribution in [-0.2, 0) is 10.8 Å². The molecule has 5 rings (SSSR count). The second-order valence-corrected chi connectivity index (χ2v) is 11.6. The van der Waals surface area contributed by atoms with Gasteiger partial charge < -0.3 is 9.47 Å². The zero-order valence-corrected chi connectivity index (χ0v) is 25.4. The number of rotatable bonds is 9. The number of unbranched alkanes of at least 4 members (excludes halogenated alkanes) is 2. The number of benzene rings is 4. The molecule has 2 unspecified atom stereocenters. The minimum atomic E-state index is -5.03. The van der Waals surface area contributed by atoms with E-state index in [-0.39, 0.29) is 17.2 Å². The summed E-state index contributed by atoms with van der Waals surface area (Å²) in [5.41, 5.74) is -3.04. The number of fused-ring (bicyclic) bond motifs is 1. The Labute approximate surface area is 269 Å². The molecule has 0 aliphatic carbocycles. The van der Waals surface area contributed by atoms with E-state index in [4.69, 9.17) is 4.74 Å². The summed E-state index contributed by atoms with van der Waals surface area (Å²) < 4.78 is 152. The molecule has 0 spiro atoms. The fourth-order valence-corrected chi connectivity index (χ4v) is 5.77. The van der Waals surface area contributed by atoms with Gasteiger partial charge in [-0.2, -0.15) is 22.0 Å². The summed E-state index contributed by atoms with van der Waals surface area (Å²) in [5, 5.41) is -0.883. The standard InChI is InChI=1S/C36H28F10O2/c1-2-3-4-5-20-6-11-32(47-19-20)21-7-9-25(28(37)15-21)23-17-30(39)33(31(40)18-23)36(45,46)48-24-8-10-26-22(14-24)16-29(38)27(34(26)41)12-13-35(42,43)44/h7-10,14-18,20,32H,2-6,11,19H2,1H3. The second kappa shape index (κ2) is 14.1. The van der Waals surface area contributed by atoms with E-state index in [2.05, 4.69) is 11.7 Å². The highest BCUT2D eigenvalue weighted by Gasteiger charge is 2.41. The Balaban J connectivity index is 1.34. The van der Waals surface area contributed by atoms with Crippen molar-refractivity contribution < 1.29 is 53.4 Å². The van der Waals surface area contributed by atoms with Crippen molar-refractivity contribution in [2.75, 3.05) is 6.61 Å². The molecule has 1 saturated heterocycles. The topological polar surface area (TPSA) is 18.5 Å². The molecular formula is C36H28F10O2. The molecule has 1 aliphatic heterocycles. The molecule has 0 radical (unpaired) electrons. The maximum Gasteiger partial charge on any atom is 0.458 e. The van der Waals surface area contributed by atoms with E-state index in [1.165, 1.54) is 18.1 Å². The third-order valence-electron chi connectivity index (χ3n) is 8.17. The monoisotopic (exact) mass is 682 g/mol. The van der Waals surface area contributed by atoms with Crippen molar-refractivity contribution in [1.29, 1.82) is 0 Å². The van der Waals surface area contributed by atoms with Gasteiger partial charge >= 0.3 is 12.3 Å². The van der Waals surface area contributed by atoms with E-state index in [0.717, 1.165) is 50.2 Å². The van der Waals surface area contributed by atoms with Crippen LogP contribution in [0.2, 0.25) is 0 Å². The molecule has 0 N–H and O–H groups in total. The molecule has 1 aliphatic rings. The van der Waals surface area contributed by atoms with Crippen molar-refractivity contribution in [3.05, 3.63) is 100 Å². The van der Waals surface area contributed by atoms with Crippen LogP contribution in [0.3, 0.4) is 0 Å². The maximum absolute atomic E-state index is 15.2. The molecule has 1 heterocycles. The van der Waals surface area contributed by atoms with Crippen LogP contribution < -0.4 is 4.74 Å². The predicted octanol–water partition coefficient (Wildman–Crippen LogP) is 11.3. The van der Waals surface area contributed by atoms with Gasteiger partial charge in [-0.05, 0) is 84.2 Å².